The van der Waals surface area contributed by atoms with E-state index in [0.717, 1.165) is 6.07 Å². The fourth-order valence-electron chi connectivity index (χ4n) is 1.90. The zero-order valence-corrected chi connectivity index (χ0v) is 10.3. The third-order valence-corrected chi connectivity index (χ3v) is 3.08. The smallest absolute Gasteiger partial charge is 0.229 e. The van der Waals surface area contributed by atoms with Crippen molar-refractivity contribution in [3.8, 4) is 6.07 Å². The fraction of sp³-hybridized carbons (Fsp3) is 0.308. The van der Waals surface area contributed by atoms with Crippen LogP contribution >= 0.6 is 0 Å². The predicted octanol–water partition coefficient (Wildman–Crippen LogP) is 1.08. The highest BCUT2D eigenvalue weighted by Crippen LogP contribution is 2.22. The Morgan fingerprint density at radius 2 is 2.32 bits per heavy atom. The normalized spacial score (nSPS) is 17.7. The van der Waals surface area contributed by atoms with E-state index in [4.69, 9.17) is 5.26 Å². The lowest BCUT2D eigenvalue weighted by atomic mass is 10.1. The van der Waals surface area contributed by atoms with Crippen LogP contribution in [0.5, 0.6) is 0 Å². The van der Waals surface area contributed by atoms with Crippen LogP contribution in [-0.4, -0.2) is 18.4 Å². The number of halogens is 1. The zero-order valence-electron chi connectivity index (χ0n) is 10.3. The number of anilines is 1. The van der Waals surface area contributed by atoms with Crippen LogP contribution < -0.4 is 10.6 Å². The van der Waals surface area contributed by atoms with E-state index in [2.05, 4.69) is 10.6 Å². The molecule has 19 heavy (non-hydrogen) atoms. The van der Waals surface area contributed by atoms with E-state index in [9.17, 15) is 14.0 Å². The van der Waals surface area contributed by atoms with Crippen LogP contribution in [-0.2, 0) is 9.59 Å². The van der Waals surface area contributed by atoms with Crippen molar-refractivity contribution in [2.75, 3.05) is 11.9 Å². The van der Waals surface area contributed by atoms with Gasteiger partial charge in [-0.2, -0.15) is 5.26 Å². The largest absolute Gasteiger partial charge is 0.355 e. The molecule has 0 saturated carbocycles. The van der Waals surface area contributed by atoms with Gasteiger partial charge in [-0.1, -0.05) is 0 Å². The van der Waals surface area contributed by atoms with Crippen LogP contribution in [0.15, 0.2) is 12.1 Å². The maximum absolute atomic E-state index is 13.5. The van der Waals surface area contributed by atoms with E-state index in [0.29, 0.717) is 0 Å². The minimum absolute atomic E-state index is 0.130. The average molecular weight is 261 g/mol. The molecule has 0 aliphatic carbocycles. The van der Waals surface area contributed by atoms with Crippen LogP contribution in [0, 0.1) is 30.0 Å². The fourth-order valence-corrected chi connectivity index (χ4v) is 1.90. The first-order chi connectivity index (χ1) is 9.01. The lowest BCUT2D eigenvalue weighted by Crippen LogP contribution is -2.25. The van der Waals surface area contributed by atoms with Crippen molar-refractivity contribution in [1.29, 1.82) is 5.26 Å². The molecule has 0 radical (unpaired) electrons. The van der Waals surface area contributed by atoms with Crippen LogP contribution in [0.3, 0.4) is 0 Å². The number of carbonyl (C=O) groups is 2. The number of rotatable bonds is 2. The summed E-state index contributed by atoms with van der Waals surface area (Å²) in [5.41, 5.74) is 0.671. The number of hydrogen-bond acceptors (Lipinski definition) is 3. The Bertz CT molecular complexity index is 592. The minimum atomic E-state index is -0.546. The second kappa shape index (κ2) is 5.06. The summed E-state index contributed by atoms with van der Waals surface area (Å²) in [4.78, 5) is 23.0. The second-order valence-corrected chi connectivity index (χ2v) is 4.44. The molecule has 1 aliphatic rings. The van der Waals surface area contributed by atoms with Crippen molar-refractivity contribution >= 4 is 17.5 Å². The van der Waals surface area contributed by atoms with Gasteiger partial charge in [0, 0.05) is 24.2 Å². The van der Waals surface area contributed by atoms with Crippen molar-refractivity contribution in [2.24, 2.45) is 5.92 Å². The van der Waals surface area contributed by atoms with Crippen LogP contribution in [0.25, 0.3) is 0 Å². The molecule has 5 nitrogen and oxygen atoms in total. The number of nitrogens with zero attached hydrogens (tertiary/aromatic N) is 1. The average Bonchev–Trinajstić information content (AvgIpc) is 2.81. The summed E-state index contributed by atoms with van der Waals surface area (Å²) in [6, 6.07) is 4.36. The van der Waals surface area contributed by atoms with Gasteiger partial charge in [0.05, 0.1) is 17.6 Å². The second-order valence-electron chi connectivity index (χ2n) is 4.44. The molecule has 1 fully saturated rings. The topological polar surface area (TPSA) is 82.0 Å². The van der Waals surface area contributed by atoms with Crippen molar-refractivity contribution < 1.29 is 14.0 Å². The molecule has 1 aliphatic heterocycles. The lowest BCUT2D eigenvalue weighted by Gasteiger charge is -2.12. The standard InChI is InChI=1S/C13H12FN3O2/c1-7-10(14)2-8(5-15)3-11(7)17-13(19)9-4-12(18)16-6-9/h2-3,9H,4,6H2,1H3,(H,16,18)(H,17,19). The molecule has 0 spiro atoms. The summed E-state index contributed by atoms with van der Waals surface area (Å²) in [5, 5.41) is 13.9. The lowest BCUT2D eigenvalue weighted by molar-refractivity contribution is -0.123. The van der Waals surface area contributed by atoms with Gasteiger partial charge in [-0.15, -0.1) is 0 Å². The van der Waals surface area contributed by atoms with Gasteiger partial charge < -0.3 is 10.6 Å². The first-order valence-corrected chi connectivity index (χ1v) is 5.79. The molecule has 2 N–H and O–H groups in total. The molecule has 1 aromatic rings. The summed E-state index contributed by atoms with van der Waals surface area (Å²) in [6.07, 6.45) is 0.130. The number of nitrogens with one attached hydrogen (secondary N) is 2. The molecule has 1 aromatic carbocycles. The van der Waals surface area contributed by atoms with Crippen molar-refractivity contribution in [3.63, 3.8) is 0 Å². The zero-order chi connectivity index (χ0) is 14.0. The quantitative estimate of drug-likeness (QED) is 0.835. The molecule has 98 valence electrons. The van der Waals surface area contributed by atoms with E-state index in [1.807, 2.05) is 6.07 Å². The SMILES string of the molecule is Cc1c(F)cc(C#N)cc1NC(=O)C1CNC(=O)C1. The van der Waals surface area contributed by atoms with Gasteiger partial charge in [0.25, 0.3) is 0 Å². The maximum Gasteiger partial charge on any atom is 0.229 e. The molecule has 1 heterocycles. The van der Waals surface area contributed by atoms with Gasteiger partial charge in [0.2, 0.25) is 11.8 Å². The molecular formula is C13H12FN3O2. The number of hydrogen-bond donors (Lipinski definition) is 2. The Morgan fingerprint density at radius 1 is 1.58 bits per heavy atom. The molecule has 0 bridgehead atoms. The molecule has 1 atom stereocenters. The maximum atomic E-state index is 13.5. The van der Waals surface area contributed by atoms with Crippen LogP contribution in [0.1, 0.15) is 17.5 Å². The Balaban J connectivity index is 2.19. The molecule has 0 aromatic heterocycles. The number of nitriles is 1. The molecule has 1 saturated heterocycles. The number of benzene rings is 1. The molecular weight excluding hydrogens is 249 g/mol. The van der Waals surface area contributed by atoms with Crippen molar-refractivity contribution in [3.05, 3.63) is 29.1 Å². The van der Waals surface area contributed by atoms with E-state index >= 15 is 0 Å². The minimum Gasteiger partial charge on any atom is -0.355 e. The van der Waals surface area contributed by atoms with Crippen molar-refractivity contribution in [1.82, 2.24) is 5.32 Å². The van der Waals surface area contributed by atoms with Gasteiger partial charge in [-0.3, -0.25) is 9.59 Å². The van der Waals surface area contributed by atoms with Crippen LogP contribution in [0.4, 0.5) is 10.1 Å². The summed E-state index contributed by atoms with van der Waals surface area (Å²) in [6.45, 7) is 1.80. The Labute approximate surface area is 109 Å². The highest BCUT2D eigenvalue weighted by atomic mass is 19.1. The Hall–Kier alpha value is -2.42. The first-order valence-electron chi connectivity index (χ1n) is 5.79. The molecule has 6 heteroatoms. The van der Waals surface area contributed by atoms with E-state index < -0.39 is 11.7 Å². The van der Waals surface area contributed by atoms with Gasteiger partial charge in [-0.25, -0.2) is 4.39 Å². The van der Waals surface area contributed by atoms with Gasteiger partial charge in [-0.05, 0) is 19.1 Å². The van der Waals surface area contributed by atoms with Crippen LogP contribution in [0.2, 0.25) is 0 Å². The van der Waals surface area contributed by atoms with Gasteiger partial charge in [0.1, 0.15) is 5.82 Å². The summed E-state index contributed by atoms with van der Waals surface area (Å²) < 4.78 is 13.5. The molecule has 2 rings (SSSR count). The summed E-state index contributed by atoms with van der Waals surface area (Å²) >= 11 is 0. The summed E-state index contributed by atoms with van der Waals surface area (Å²) in [5.74, 6) is -1.53. The highest BCUT2D eigenvalue weighted by molar-refractivity contribution is 5.97. The number of carbonyl (C=O) groups excluding carboxylic acids is 2. The van der Waals surface area contributed by atoms with Gasteiger partial charge >= 0.3 is 0 Å². The third kappa shape index (κ3) is 2.71. The monoisotopic (exact) mass is 261 g/mol. The molecule has 1 unspecified atom stereocenters. The van der Waals surface area contributed by atoms with Crippen molar-refractivity contribution in [2.45, 2.75) is 13.3 Å². The van der Waals surface area contributed by atoms with E-state index in [1.165, 1.54) is 13.0 Å². The first kappa shape index (κ1) is 13.0. The van der Waals surface area contributed by atoms with Gasteiger partial charge in [0.15, 0.2) is 0 Å². The molecule has 2 amide bonds. The Morgan fingerprint density at radius 3 is 2.89 bits per heavy atom. The van der Waals surface area contributed by atoms with E-state index in [-0.39, 0.29) is 41.6 Å². The number of amides is 2. The third-order valence-electron chi connectivity index (χ3n) is 3.08. The predicted molar refractivity (Wildman–Crippen MR) is 65.6 cm³/mol. The summed E-state index contributed by atoms with van der Waals surface area (Å²) in [7, 11) is 0. The Kier molecular flexibility index (Phi) is 3.47. The van der Waals surface area contributed by atoms with E-state index in [1.54, 1.807) is 0 Å². The highest BCUT2D eigenvalue weighted by Gasteiger charge is 2.28.